The van der Waals surface area contributed by atoms with Gasteiger partial charge in [-0.25, -0.2) is 4.39 Å². The Bertz CT molecular complexity index is 1270. The summed E-state index contributed by atoms with van der Waals surface area (Å²) < 4.78 is 21.3. The summed E-state index contributed by atoms with van der Waals surface area (Å²) in [5.41, 5.74) is 2.16. The highest BCUT2D eigenvalue weighted by Crippen LogP contribution is 2.34. The zero-order chi connectivity index (χ0) is 23.5. The quantitative estimate of drug-likeness (QED) is 0.353. The van der Waals surface area contributed by atoms with Gasteiger partial charge in [-0.05, 0) is 43.3 Å². The molecule has 2 aromatic carbocycles. The molecule has 1 aromatic heterocycles. The number of carbonyl (C=O) groups excluding carboxylic acids is 3. The monoisotopic (exact) mass is 466 g/mol. The molecule has 4 rings (SSSR count). The second-order valence-electron chi connectivity index (χ2n) is 7.80. The van der Waals surface area contributed by atoms with Gasteiger partial charge in [-0.3, -0.25) is 19.3 Å². The van der Waals surface area contributed by atoms with Crippen molar-refractivity contribution in [3.63, 3.8) is 0 Å². The maximum absolute atomic E-state index is 14.2. The molecular weight excluding hydrogens is 443 g/mol. The van der Waals surface area contributed by atoms with Gasteiger partial charge in [0.15, 0.2) is 0 Å². The van der Waals surface area contributed by atoms with E-state index < -0.39 is 23.7 Å². The number of ether oxygens (including phenoxy) is 1. The summed E-state index contributed by atoms with van der Waals surface area (Å²) in [7, 11) is 0. The first-order chi connectivity index (χ1) is 15.9. The first-order valence-electron chi connectivity index (χ1n) is 10.6. The van der Waals surface area contributed by atoms with Gasteiger partial charge in [-0.1, -0.05) is 43.3 Å². The fourth-order valence-electron chi connectivity index (χ4n) is 3.58. The summed E-state index contributed by atoms with van der Waals surface area (Å²) in [5, 5.41) is 0.360. The highest BCUT2D eigenvalue weighted by Gasteiger charge is 2.37. The molecule has 0 unspecified atom stereocenters. The van der Waals surface area contributed by atoms with E-state index in [0.717, 1.165) is 33.1 Å². The zero-order valence-electron chi connectivity index (χ0n) is 18.3. The molecule has 6 nitrogen and oxygen atoms in total. The van der Waals surface area contributed by atoms with Crippen molar-refractivity contribution in [2.45, 2.75) is 32.9 Å². The second-order valence-corrected chi connectivity index (χ2v) is 8.79. The van der Waals surface area contributed by atoms with Gasteiger partial charge in [-0.15, -0.1) is 0 Å². The Morgan fingerprint density at radius 3 is 2.64 bits per heavy atom. The number of amides is 2. The molecule has 1 aliphatic heterocycles. The van der Waals surface area contributed by atoms with Crippen LogP contribution >= 0.6 is 11.8 Å². The molecule has 3 aromatic rings. The fraction of sp³-hybridized carbons (Fsp3) is 0.240. The van der Waals surface area contributed by atoms with E-state index in [9.17, 15) is 18.8 Å². The molecule has 170 valence electrons. The van der Waals surface area contributed by atoms with E-state index in [1.807, 2.05) is 42.0 Å². The molecule has 0 bridgehead atoms. The minimum absolute atomic E-state index is 0.227. The largest absolute Gasteiger partial charge is 0.461 e. The van der Waals surface area contributed by atoms with Crippen molar-refractivity contribution in [3.05, 3.63) is 76.6 Å². The van der Waals surface area contributed by atoms with Gasteiger partial charge < -0.3 is 9.30 Å². The third-order valence-corrected chi connectivity index (χ3v) is 6.38. The summed E-state index contributed by atoms with van der Waals surface area (Å²) in [6, 6.07) is 14.2. The smallest absolute Gasteiger partial charge is 0.326 e. The lowest BCUT2D eigenvalue weighted by Crippen LogP contribution is -2.35. The fourth-order valence-corrected chi connectivity index (χ4v) is 4.41. The molecule has 2 heterocycles. The highest BCUT2D eigenvalue weighted by molar-refractivity contribution is 8.18. The minimum atomic E-state index is -0.616. The standard InChI is InChI=1S/C25H23FN2O4S/c1-3-16(2)32-23(29)15-28-24(30)22(33-25(28)31)12-18-14-27(21-11-7-5-9-19(18)21)13-17-8-4-6-10-20(17)26/h4-12,14,16H,3,13,15H2,1-2H3/b22-12-/t16-/m1/s1. The average molecular weight is 467 g/mol. The third-order valence-electron chi connectivity index (χ3n) is 5.47. The molecule has 0 saturated carbocycles. The van der Waals surface area contributed by atoms with Crippen LogP contribution in [0, 0.1) is 5.82 Å². The molecule has 33 heavy (non-hydrogen) atoms. The van der Waals surface area contributed by atoms with Gasteiger partial charge in [-0.2, -0.15) is 0 Å². The summed E-state index contributed by atoms with van der Waals surface area (Å²) >= 11 is 0.789. The average Bonchev–Trinajstić information content (AvgIpc) is 3.27. The number of benzene rings is 2. The molecule has 1 aliphatic rings. The number of fused-ring (bicyclic) bond motifs is 1. The minimum Gasteiger partial charge on any atom is -0.461 e. The normalized spacial score (nSPS) is 16.1. The van der Waals surface area contributed by atoms with Crippen molar-refractivity contribution in [2.24, 2.45) is 0 Å². The van der Waals surface area contributed by atoms with Gasteiger partial charge in [0, 0.05) is 28.2 Å². The summed E-state index contributed by atoms with van der Waals surface area (Å²) in [6.07, 6.45) is 3.84. The summed E-state index contributed by atoms with van der Waals surface area (Å²) in [4.78, 5) is 38.4. The Morgan fingerprint density at radius 1 is 1.15 bits per heavy atom. The van der Waals surface area contributed by atoms with Gasteiger partial charge in [0.05, 0.1) is 17.6 Å². The number of carbonyl (C=O) groups is 3. The number of imide groups is 1. The molecule has 0 N–H and O–H groups in total. The van der Waals surface area contributed by atoms with Crippen LogP contribution in [0.4, 0.5) is 9.18 Å². The number of para-hydroxylation sites is 1. The first kappa shape index (κ1) is 22.8. The predicted octanol–water partition coefficient (Wildman–Crippen LogP) is 5.21. The van der Waals surface area contributed by atoms with E-state index in [0.29, 0.717) is 18.5 Å². The van der Waals surface area contributed by atoms with E-state index in [2.05, 4.69) is 0 Å². The maximum atomic E-state index is 14.2. The Balaban J connectivity index is 1.61. The van der Waals surface area contributed by atoms with Gasteiger partial charge in [0.1, 0.15) is 12.4 Å². The maximum Gasteiger partial charge on any atom is 0.326 e. The number of thioether (sulfide) groups is 1. The first-order valence-corrected chi connectivity index (χ1v) is 11.4. The van der Waals surface area contributed by atoms with E-state index in [-0.39, 0.29) is 16.8 Å². The van der Waals surface area contributed by atoms with Crippen LogP contribution in [0.15, 0.2) is 59.6 Å². The Kier molecular flexibility index (Phi) is 6.65. The van der Waals surface area contributed by atoms with Crippen molar-refractivity contribution in [2.75, 3.05) is 6.54 Å². The van der Waals surface area contributed by atoms with Crippen LogP contribution in [-0.4, -0.2) is 39.2 Å². The van der Waals surface area contributed by atoms with Crippen molar-refractivity contribution < 1.29 is 23.5 Å². The molecule has 1 saturated heterocycles. The Morgan fingerprint density at radius 2 is 1.88 bits per heavy atom. The number of hydrogen-bond acceptors (Lipinski definition) is 5. The van der Waals surface area contributed by atoms with Crippen LogP contribution in [0.5, 0.6) is 0 Å². The number of rotatable bonds is 7. The van der Waals surface area contributed by atoms with Gasteiger partial charge >= 0.3 is 5.97 Å². The molecule has 0 aliphatic carbocycles. The van der Waals surface area contributed by atoms with Crippen LogP contribution in [-0.2, 0) is 20.9 Å². The SMILES string of the molecule is CC[C@@H](C)OC(=O)CN1C(=O)S/C(=C\c2cn(Cc3ccccc3F)c3ccccc23)C1=O. The van der Waals surface area contributed by atoms with Crippen LogP contribution in [0.2, 0.25) is 0 Å². The van der Waals surface area contributed by atoms with Crippen LogP contribution < -0.4 is 0 Å². The number of aromatic nitrogens is 1. The topological polar surface area (TPSA) is 68.6 Å². The lowest BCUT2D eigenvalue weighted by Gasteiger charge is -2.14. The van der Waals surface area contributed by atoms with E-state index in [1.54, 1.807) is 31.2 Å². The Labute approximate surface area is 195 Å². The molecule has 1 fully saturated rings. The lowest BCUT2D eigenvalue weighted by molar-refractivity contribution is -0.150. The molecule has 1 atom stereocenters. The third kappa shape index (κ3) is 4.85. The van der Waals surface area contributed by atoms with Crippen LogP contribution in [0.3, 0.4) is 0 Å². The number of esters is 1. The number of halogens is 1. The highest BCUT2D eigenvalue weighted by atomic mass is 32.2. The van der Waals surface area contributed by atoms with Crippen molar-refractivity contribution >= 4 is 45.9 Å². The summed E-state index contributed by atoms with van der Waals surface area (Å²) in [6.45, 7) is 3.54. The lowest BCUT2D eigenvalue weighted by atomic mass is 10.1. The second kappa shape index (κ2) is 9.62. The molecular formula is C25H23FN2O4S. The van der Waals surface area contributed by atoms with E-state index >= 15 is 0 Å². The van der Waals surface area contributed by atoms with E-state index in [4.69, 9.17) is 4.74 Å². The number of nitrogens with zero attached hydrogens (tertiary/aromatic N) is 2. The zero-order valence-corrected chi connectivity index (χ0v) is 19.1. The molecule has 0 radical (unpaired) electrons. The van der Waals surface area contributed by atoms with Gasteiger partial charge in [0.25, 0.3) is 11.1 Å². The Hall–Kier alpha value is -3.39. The van der Waals surface area contributed by atoms with Crippen molar-refractivity contribution in [3.8, 4) is 0 Å². The van der Waals surface area contributed by atoms with Crippen molar-refractivity contribution in [1.29, 1.82) is 0 Å². The number of hydrogen-bond donors (Lipinski definition) is 0. The van der Waals surface area contributed by atoms with Gasteiger partial charge in [0.2, 0.25) is 0 Å². The predicted molar refractivity (Wildman–Crippen MR) is 126 cm³/mol. The van der Waals surface area contributed by atoms with Crippen LogP contribution in [0.1, 0.15) is 31.4 Å². The molecule has 8 heteroatoms. The van der Waals surface area contributed by atoms with Crippen LogP contribution in [0.25, 0.3) is 17.0 Å². The summed E-state index contributed by atoms with van der Waals surface area (Å²) in [5.74, 6) is -1.44. The molecule has 0 spiro atoms. The van der Waals surface area contributed by atoms with Crippen molar-refractivity contribution in [1.82, 2.24) is 9.47 Å². The molecule has 2 amide bonds. The van der Waals surface area contributed by atoms with E-state index in [1.165, 1.54) is 6.07 Å².